The largest absolute Gasteiger partial charge is 0.492 e. The maximum absolute atomic E-state index is 10.7. The van der Waals surface area contributed by atoms with Crippen molar-refractivity contribution in [3.05, 3.63) is 78.5 Å². The fourth-order valence-corrected chi connectivity index (χ4v) is 2.45. The smallest absolute Gasteiger partial charge is 0.150 e. The highest BCUT2D eigenvalue weighted by Crippen LogP contribution is 2.20. The van der Waals surface area contributed by atoms with E-state index in [2.05, 4.69) is 10.3 Å². The van der Waals surface area contributed by atoms with E-state index in [0.29, 0.717) is 18.7 Å². The second-order valence-corrected chi connectivity index (χ2v) is 5.85. The van der Waals surface area contributed by atoms with Crippen LogP contribution < -0.4 is 15.0 Å². The Morgan fingerprint density at radius 2 is 1.81 bits per heavy atom. The van der Waals surface area contributed by atoms with Crippen molar-refractivity contribution < 1.29 is 9.53 Å². The van der Waals surface area contributed by atoms with Crippen LogP contribution in [0.25, 0.3) is 0 Å². The third-order valence-electron chi connectivity index (χ3n) is 3.91. The van der Waals surface area contributed by atoms with Crippen LogP contribution in [-0.4, -0.2) is 31.5 Å². The van der Waals surface area contributed by atoms with Crippen molar-refractivity contribution in [2.24, 2.45) is 0 Å². The highest BCUT2D eigenvalue weighted by Gasteiger charge is 2.05. The van der Waals surface area contributed by atoms with Crippen molar-refractivity contribution in [3.8, 4) is 5.75 Å². The number of para-hydroxylation sites is 1. The number of aldehydes is 1. The highest BCUT2D eigenvalue weighted by molar-refractivity contribution is 5.74. The Morgan fingerprint density at radius 3 is 2.54 bits per heavy atom. The first-order valence-electron chi connectivity index (χ1n) is 8.42. The zero-order valence-electron chi connectivity index (χ0n) is 14.6. The number of rotatable bonds is 8. The molecule has 2 aromatic carbocycles. The van der Waals surface area contributed by atoms with E-state index < -0.39 is 0 Å². The van der Waals surface area contributed by atoms with Gasteiger partial charge in [-0.1, -0.05) is 18.2 Å². The topological polar surface area (TPSA) is 54.5 Å². The Bertz CT molecular complexity index is 835. The number of carbonyl (C=O) groups excluding carboxylic acids is 1. The number of nitrogens with zero attached hydrogens (tertiary/aromatic N) is 2. The predicted octanol–water partition coefficient (Wildman–Crippen LogP) is 4.15. The van der Waals surface area contributed by atoms with E-state index in [9.17, 15) is 4.79 Å². The van der Waals surface area contributed by atoms with Crippen LogP contribution in [0.3, 0.4) is 0 Å². The molecule has 0 atom stereocenters. The van der Waals surface area contributed by atoms with Gasteiger partial charge in [-0.05, 0) is 42.5 Å². The summed E-state index contributed by atoms with van der Waals surface area (Å²) in [6.07, 6.45) is 2.61. The minimum Gasteiger partial charge on any atom is -0.492 e. The second-order valence-electron chi connectivity index (χ2n) is 5.85. The van der Waals surface area contributed by atoms with Gasteiger partial charge >= 0.3 is 0 Å². The molecule has 0 saturated carbocycles. The molecule has 26 heavy (non-hydrogen) atoms. The monoisotopic (exact) mass is 347 g/mol. The fraction of sp³-hybridized carbons (Fsp3) is 0.143. The third-order valence-corrected chi connectivity index (χ3v) is 3.91. The lowest BCUT2D eigenvalue weighted by Gasteiger charge is -2.19. The number of ether oxygens (including phenoxy) is 1. The van der Waals surface area contributed by atoms with Gasteiger partial charge < -0.3 is 15.0 Å². The van der Waals surface area contributed by atoms with E-state index >= 15 is 0 Å². The van der Waals surface area contributed by atoms with Crippen LogP contribution in [0.2, 0.25) is 0 Å². The van der Waals surface area contributed by atoms with E-state index in [1.807, 2.05) is 54.4 Å². The first-order chi connectivity index (χ1) is 12.7. The molecule has 0 amide bonds. The Labute approximate surface area is 153 Å². The van der Waals surface area contributed by atoms with Crippen LogP contribution in [-0.2, 0) is 0 Å². The highest BCUT2D eigenvalue weighted by atomic mass is 16.5. The van der Waals surface area contributed by atoms with E-state index in [1.54, 1.807) is 30.5 Å². The molecule has 0 fully saturated rings. The number of benzene rings is 2. The normalized spacial score (nSPS) is 10.2. The van der Waals surface area contributed by atoms with Crippen LogP contribution in [0.1, 0.15) is 10.4 Å². The quantitative estimate of drug-likeness (QED) is 0.620. The zero-order valence-corrected chi connectivity index (χ0v) is 14.6. The molecule has 0 bridgehead atoms. The molecule has 132 valence electrons. The molecule has 5 nitrogen and oxygen atoms in total. The second kappa shape index (κ2) is 8.67. The number of hydrogen-bond donors (Lipinski definition) is 1. The van der Waals surface area contributed by atoms with Crippen LogP contribution >= 0.6 is 0 Å². The summed E-state index contributed by atoms with van der Waals surface area (Å²) >= 11 is 0. The van der Waals surface area contributed by atoms with Gasteiger partial charge in [0, 0.05) is 36.2 Å². The Balaban J connectivity index is 1.54. The fourth-order valence-electron chi connectivity index (χ4n) is 2.45. The molecule has 0 aliphatic rings. The van der Waals surface area contributed by atoms with Crippen molar-refractivity contribution in [1.29, 1.82) is 0 Å². The van der Waals surface area contributed by atoms with Crippen molar-refractivity contribution >= 4 is 23.5 Å². The van der Waals surface area contributed by atoms with Gasteiger partial charge in [0.1, 0.15) is 24.5 Å². The van der Waals surface area contributed by atoms with Crippen molar-refractivity contribution in [1.82, 2.24) is 4.98 Å². The number of pyridine rings is 1. The van der Waals surface area contributed by atoms with Gasteiger partial charge in [0.2, 0.25) is 0 Å². The Morgan fingerprint density at radius 1 is 1.04 bits per heavy atom. The molecule has 0 aliphatic heterocycles. The van der Waals surface area contributed by atoms with Crippen LogP contribution in [0, 0.1) is 0 Å². The lowest BCUT2D eigenvalue weighted by Crippen LogP contribution is -2.24. The van der Waals surface area contributed by atoms with Gasteiger partial charge in [0.25, 0.3) is 0 Å². The average Bonchev–Trinajstić information content (AvgIpc) is 2.69. The molecule has 1 N–H and O–H groups in total. The minimum absolute atomic E-state index is 0.523. The minimum atomic E-state index is 0.523. The maximum Gasteiger partial charge on any atom is 0.150 e. The average molecular weight is 347 g/mol. The van der Waals surface area contributed by atoms with Gasteiger partial charge in [-0.25, -0.2) is 4.98 Å². The summed E-state index contributed by atoms with van der Waals surface area (Å²) in [4.78, 5) is 17.1. The van der Waals surface area contributed by atoms with Crippen molar-refractivity contribution in [3.63, 3.8) is 0 Å². The molecule has 1 aromatic heterocycles. The van der Waals surface area contributed by atoms with Crippen LogP contribution in [0.15, 0.2) is 72.9 Å². The summed E-state index contributed by atoms with van der Waals surface area (Å²) in [7, 11) is 1.98. The van der Waals surface area contributed by atoms with E-state index in [1.165, 1.54) is 0 Å². The lowest BCUT2D eigenvalue weighted by atomic mass is 10.2. The summed E-state index contributed by atoms with van der Waals surface area (Å²) in [5.74, 6) is 1.61. The van der Waals surface area contributed by atoms with Gasteiger partial charge in [-0.2, -0.15) is 0 Å². The van der Waals surface area contributed by atoms with E-state index in [0.717, 1.165) is 29.2 Å². The maximum atomic E-state index is 10.7. The van der Waals surface area contributed by atoms with Crippen LogP contribution in [0.4, 0.5) is 17.2 Å². The first-order valence-corrected chi connectivity index (χ1v) is 8.42. The molecule has 3 rings (SSSR count). The number of likely N-dealkylation sites (N-methyl/N-ethyl adjacent to an activating group) is 1. The predicted molar refractivity (Wildman–Crippen MR) is 105 cm³/mol. The number of anilines is 3. The van der Waals surface area contributed by atoms with Gasteiger partial charge in [0.05, 0.1) is 6.54 Å². The van der Waals surface area contributed by atoms with Gasteiger partial charge in [-0.15, -0.1) is 0 Å². The van der Waals surface area contributed by atoms with Crippen molar-refractivity contribution in [2.75, 3.05) is 30.4 Å². The third kappa shape index (κ3) is 4.83. The van der Waals surface area contributed by atoms with Gasteiger partial charge in [-0.3, -0.25) is 4.79 Å². The number of nitrogens with one attached hydrogen (secondary N) is 1. The molecule has 0 radical (unpaired) electrons. The van der Waals surface area contributed by atoms with Crippen molar-refractivity contribution in [2.45, 2.75) is 0 Å². The zero-order chi connectivity index (χ0) is 18.2. The molecule has 0 saturated heterocycles. The number of hydrogen-bond acceptors (Lipinski definition) is 5. The Kier molecular flexibility index (Phi) is 5.83. The molecular weight excluding hydrogens is 326 g/mol. The van der Waals surface area contributed by atoms with E-state index in [4.69, 9.17) is 4.74 Å². The molecule has 1 heterocycles. The summed E-state index contributed by atoms with van der Waals surface area (Å²) in [6, 6.07) is 21.0. The van der Waals surface area contributed by atoms with Gasteiger partial charge in [0.15, 0.2) is 0 Å². The number of carbonyl (C=O) groups is 1. The summed E-state index contributed by atoms with van der Waals surface area (Å²) in [5, 5.41) is 3.37. The summed E-state index contributed by atoms with van der Waals surface area (Å²) < 4.78 is 5.72. The molecule has 0 unspecified atom stereocenters. The lowest BCUT2D eigenvalue weighted by molar-refractivity contribution is 0.112. The van der Waals surface area contributed by atoms with Crippen LogP contribution in [0.5, 0.6) is 5.75 Å². The summed E-state index contributed by atoms with van der Waals surface area (Å²) in [6.45, 7) is 1.21. The van der Waals surface area contributed by atoms with E-state index in [-0.39, 0.29) is 0 Å². The molecule has 3 aromatic rings. The SMILES string of the molecule is CN(CCOc1ccc(C=O)cc1)c1cc(Nc2ccccc2)ccn1. The first kappa shape index (κ1) is 17.5. The molecular formula is C21H21N3O2. The summed E-state index contributed by atoms with van der Waals surface area (Å²) in [5.41, 5.74) is 2.66. The molecule has 0 spiro atoms. The Hall–Kier alpha value is -3.34. The molecule has 0 aliphatic carbocycles. The number of aromatic nitrogens is 1. The standard InChI is InChI=1S/C21H21N3O2/c1-24(13-14-26-20-9-7-17(16-25)8-10-20)21-15-19(11-12-22-21)23-18-5-3-2-4-6-18/h2-12,15-16H,13-14H2,1H3,(H,22,23). The molecule has 5 heteroatoms.